The van der Waals surface area contributed by atoms with Gasteiger partial charge in [-0.25, -0.2) is 0 Å². The van der Waals surface area contributed by atoms with Crippen LogP contribution < -0.4 is 10.6 Å². The van der Waals surface area contributed by atoms with Crippen LogP contribution in [0.15, 0.2) is 60.9 Å². The molecule has 0 aliphatic rings. The highest BCUT2D eigenvalue weighted by atomic mass is 16.2. The second-order valence-corrected chi connectivity index (χ2v) is 8.30. The summed E-state index contributed by atoms with van der Waals surface area (Å²) in [5, 5.41) is 5.85. The van der Waals surface area contributed by atoms with Gasteiger partial charge in [0.2, 0.25) is 5.91 Å². The van der Waals surface area contributed by atoms with E-state index in [1.807, 2.05) is 37.3 Å². The minimum Gasteiger partial charge on any atom is -0.354 e. The van der Waals surface area contributed by atoms with E-state index in [9.17, 15) is 14.4 Å². The maximum Gasteiger partial charge on any atom is 0.252 e. The Labute approximate surface area is 200 Å². The van der Waals surface area contributed by atoms with Crippen LogP contribution >= 0.6 is 0 Å². The average molecular weight is 461 g/mol. The zero-order valence-corrected chi connectivity index (χ0v) is 19.6. The maximum atomic E-state index is 12.9. The van der Waals surface area contributed by atoms with Crippen molar-refractivity contribution in [2.75, 3.05) is 6.54 Å². The molecule has 0 radical (unpaired) electrons. The number of fused-ring (bicyclic) bond motifs is 1. The van der Waals surface area contributed by atoms with E-state index in [0.29, 0.717) is 42.4 Å². The monoisotopic (exact) mass is 460 g/mol. The Morgan fingerprint density at radius 3 is 2.44 bits per heavy atom. The molecular weight excluding hydrogens is 428 g/mol. The van der Waals surface area contributed by atoms with Crippen molar-refractivity contribution in [3.8, 4) is 0 Å². The standard InChI is InChI=1S/C27H32N4O3/c1-2-22(32)11-7-4-8-12-24(27(34)30-16-15-20-9-5-3-6-10-20)31-26(33)21-13-14-23-25(19-21)29-18-17-28-23/h3,5-6,9-10,13-14,17-19,24H,2,4,7-8,11-12,15-16H2,1H3,(H,30,34)(H,31,33). The van der Waals surface area contributed by atoms with Gasteiger partial charge in [0.05, 0.1) is 11.0 Å². The van der Waals surface area contributed by atoms with Crippen molar-refractivity contribution in [2.24, 2.45) is 0 Å². The molecule has 1 unspecified atom stereocenters. The minimum atomic E-state index is -0.650. The number of ketones is 1. The molecule has 0 fully saturated rings. The largest absolute Gasteiger partial charge is 0.354 e. The van der Waals surface area contributed by atoms with E-state index in [1.165, 1.54) is 0 Å². The highest BCUT2D eigenvalue weighted by Crippen LogP contribution is 2.13. The lowest BCUT2D eigenvalue weighted by Gasteiger charge is -2.19. The molecule has 34 heavy (non-hydrogen) atoms. The van der Waals surface area contributed by atoms with Crippen molar-refractivity contribution in [3.05, 3.63) is 72.1 Å². The quantitative estimate of drug-likeness (QED) is 0.375. The molecule has 0 aliphatic heterocycles. The Hall–Kier alpha value is -3.61. The predicted molar refractivity (Wildman–Crippen MR) is 132 cm³/mol. The molecule has 7 nitrogen and oxygen atoms in total. The topological polar surface area (TPSA) is 101 Å². The molecule has 0 saturated carbocycles. The summed E-state index contributed by atoms with van der Waals surface area (Å²) in [6.07, 6.45) is 7.91. The van der Waals surface area contributed by atoms with Crippen LogP contribution in [-0.4, -0.2) is 40.2 Å². The van der Waals surface area contributed by atoms with Gasteiger partial charge in [0.1, 0.15) is 11.8 Å². The van der Waals surface area contributed by atoms with E-state index in [-0.39, 0.29) is 17.6 Å². The lowest BCUT2D eigenvalue weighted by Crippen LogP contribution is -2.47. The number of unbranched alkanes of at least 4 members (excludes halogenated alkanes) is 2. The summed E-state index contributed by atoms with van der Waals surface area (Å²) < 4.78 is 0. The molecule has 1 atom stereocenters. The third kappa shape index (κ3) is 7.76. The molecule has 2 amide bonds. The Bertz CT molecular complexity index is 1100. The number of Topliss-reactive ketones (excluding diaryl/α,β-unsaturated/α-hetero) is 1. The van der Waals surface area contributed by atoms with Gasteiger partial charge < -0.3 is 10.6 Å². The summed E-state index contributed by atoms with van der Waals surface area (Å²) in [5.74, 6) is -0.269. The normalized spacial score (nSPS) is 11.7. The molecular formula is C27H32N4O3. The van der Waals surface area contributed by atoms with Gasteiger partial charge in [-0.05, 0) is 43.0 Å². The number of benzene rings is 2. The van der Waals surface area contributed by atoms with Gasteiger partial charge in [0.25, 0.3) is 5.91 Å². The molecule has 3 rings (SSSR count). The maximum absolute atomic E-state index is 12.9. The number of nitrogens with zero attached hydrogens (tertiary/aromatic N) is 2. The number of nitrogens with one attached hydrogen (secondary N) is 2. The number of aromatic nitrogens is 2. The highest BCUT2D eigenvalue weighted by molar-refractivity contribution is 5.99. The molecule has 3 aromatic rings. The molecule has 1 aromatic heterocycles. The van der Waals surface area contributed by atoms with Gasteiger partial charge in [0.15, 0.2) is 0 Å². The molecule has 0 aliphatic carbocycles. The first-order chi connectivity index (χ1) is 16.6. The van der Waals surface area contributed by atoms with Crippen molar-refractivity contribution in [2.45, 2.75) is 57.9 Å². The lowest BCUT2D eigenvalue weighted by atomic mass is 10.0. The van der Waals surface area contributed by atoms with Crippen LogP contribution in [0, 0.1) is 0 Å². The fourth-order valence-corrected chi connectivity index (χ4v) is 3.74. The molecule has 0 saturated heterocycles. The van der Waals surface area contributed by atoms with Crippen LogP contribution in [-0.2, 0) is 16.0 Å². The Balaban J connectivity index is 1.59. The van der Waals surface area contributed by atoms with Crippen LogP contribution in [0.1, 0.15) is 61.4 Å². The summed E-state index contributed by atoms with van der Waals surface area (Å²) in [6, 6.07) is 14.4. The number of carbonyl (C=O) groups is 3. The van der Waals surface area contributed by atoms with E-state index in [0.717, 1.165) is 31.2 Å². The van der Waals surface area contributed by atoms with Crippen molar-refractivity contribution in [3.63, 3.8) is 0 Å². The summed E-state index contributed by atoms with van der Waals surface area (Å²) >= 11 is 0. The number of carbonyl (C=O) groups excluding carboxylic acids is 3. The zero-order chi connectivity index (χ0) is 24.2. The van der Waals surface area contributed by atoms with E-state index in [4.69, 9.17) is 0 Å². The number of rotatable bonds is 13. The van der Waals surface area contributed by atoms with Gasteiger partial charge in [-0.3, -0.25) is 24.4 Å². The molecule has 0 bridgehead atoms. The second-order valence-electron chi connectivity index (χ2n) is 8.30. The van der Waals surface area contributed by atoms with Crippen molar-refractivity contribution < 1.29 is 14.4 Å². The van der Waals surface area contributed by atoms with Crippen molar-refractivity contribution >= 4 is 28.6 Å². The van der Waals surface area contributed by atoms with Gasteiger partial charge in [-0.1, -0.05) is 50.1 Å². The molecule has 2 N–H and O–H groups in total. The van der Waals surface area contributed by atoms with Crippen molar-refractivity contribution in [1.29, 1.82) is 0 Å². The first-order valence-electron chi connectivity index (χ1n) is 11.9. The van der Waals surface area contributed by atoms with Crippen LogP contribution in [0.3, 0.4) is 0 Å². The zero-order valence-electron chi connectivity index (χ0n) is 19.6. The third-order valence-corrected chi connectivity index (χ3v) is 5.75. The highest BCUT2D eigenvalue weighted by Gasteiger charge is 2.21. The predicted octanol–water partition coefficient (Wildman–Crippen LogP) is 4.02. The van der Waals surface area contributed by atoms with E-state index in [1.54, 1.807) is 30.6 Å². The van der Waals surface area contributed by atoms with Gasteiger partial charge >= 0.3 is 0 Å². The van der Waals surface area contributed by atoms with Gasteiger partial charge in [-0.15, -0.1) is 0 Å². The number of amides is 2. The van der Waals surface area contributed by atoms with Gasteiger partial charge in [0, 0.05) is 37.3 Å². The van der Waals surface area contributed by atoms with E-state index >= 15 is 0 Å². The molecule has 0 spiro atoms. The Morgan fingerprint density at radius 1 is 0.912 bits per heavy atom. The first-order valence-corrected chi connectivity index (χ1v) is 11.9. The van der Waals surface area contributed by atoms with Gasteiger partial charge in [-0.2, -0.15) is 0 Å². The van der Waals surface area contributed by atoms with Crippen LogP contribution in [0.5, 0.6) is 0 Å². The Kier molecular flexibility index (Phi) is 9.70. The van der Waals surface area contributed by atoms with Crippen LogP contribution in [0.4, 0.5) is 0 Å². The van der Waals surface area contributed by atoms with E-state index < -0.39 is 6.04 Å². The lowest BCUT2D eigenvalue weighted by molar-refractivity contribution is -0.123. The Morgan fingerprint density at radius 2 is 1.68 bits per heavy atom. The van der Waals surface area contributed by atoms with E-state index in [2.05, 4.69) is 20.6 Å². The minimum absolute atomic E-state index is 0.200. The summed E-state index contributed by atoms with van der Waals surface area (Å²) in [6.45, 7) is 2.36. The molecule has 1 heterocycles. The van der Waals surface area contributed by atoms with Crippen LogP contribution in [0.25, 0.3) is 11.0 Å². The second kappa shape index (κ2) is 13.2. The van der Waals surface area contributed by atoms with Crippen molar-refractivity contribution in [1.82, 2.24) is 20.6 Å². The fraction of sp³-hybridized carbons (Fsp3) is 0.370. The smallest absolute Gasteiger partial charge is 0.252 e. The number of hydrogen-bond acceptors (Lipinski definition) is 5. The molecule has 7 heteroatoms. The summed E-state index contributed by atoms with van der Waals surface area (Å²) in [7, 11) is 0. The summed E-state index contributed by atoms with van der Waals surface area (Å²) in [4.78, 5) is 45.9. The van der Waals surface area contributed by atoms with Crippen LogP contribution in [0.2, 0.25) is 0 Å². The number of hydrogen-bond donors (Lipinski definition) is 2. The fourth-order valence-electron chi connectivity index (χ4n) is 3.74. The first kappa shape index (κ1) is 25.0. The summed E-state index contributed by atoms with van der Waals surface area (Å²) in [5.41, 5.74) is 2.90. The average Bonchev–Trinajstić information content (AvgIpc) is 2.87. The molecule has 178 valence electrons. The third-order valence-electron chi connectivity index (χ3n) is 5.75. The SMILES string of the molecule is CCC(=O)CCCCCC(NC(=O)c1ccc2nccnc2c1)C(=O)NCCc1ccccc1. The molecule has 2 aromatic carbocycles.